The SMILES string of the molecule is CC(=O)c1ccc(NC(=O)c2ccc(Br)o2)cc1. The molecule has 1 heterocycles. The fourth-order valence-corrected chi connectivity index (χ4v) is 1.72. The lowest BCUT2D eigenvalue weighted by molar-refractivity contribution is 0.0993. The maximum absolute atomic E-state index is 11.8. The number of ketones is 1. The van der Waals surface area contributed by atoms with Gasteiger partial charge < -0.3 is 9.73 Å². The summed E-state index contributed by atoms with van der Waals surface area (Å²) >= 11 is 3.13. The summed E-state index contributed by atoms with van der Waals surface area (Å²) in [6, 6.07) is 9.89. The molecule has 4 nitrogen and oxygen atoms in total. The Morgan fingerprint density at radius 1 is 1.11 bits per heavy atom. The molecule has 2 rings (SSSR count). The quantitative estimate of drug-likeness (QED) is 0.883. The molecule has 1 aromatic heterocycles. The van der Waals surface area contributed by atoms with Crippen molar-refractivity contribution in [2.75, 3.05) is 5.32 Å². The standard InChI is InChI=1S/C13H10BrNO3/c1-8(16)9-2-4-10(5-3-9)15-13(17)11-6-7-12(14)18-11/h2-7H,1H3,(H,15,17). The van der Waals surface area contributed by atoms with E-state index in [-0.39, 0.29) is 17.5 Å². The number of anilines is 1. The highest BCUT2D eigenvalue weighted by molar-refractivity contribution is 9.10. The summed E-state index contributed by atoms with van der Waals surface area (Å²) in [6.45, 7) is 1.49. The molecular weight excluding hydrogens is 298 g/mol. The Bertz CT molecular complexity index is 587. The van der Waals surface area contributed by atoms with E-state index < -0.39 is 0 Å². The molecule has 0 aliphatic rings. The van der Waals surface area contributed by atoms with Crippen molar-refractivity contribution in [3.05, 3.63) is 52.4 Å². The Morgan fingerprint density at radius 2 is 1.78 bits per heavy atom. The van der Waals surface area contributed by atoms with Gasteiger partial charge in [0.25, 0.3) is 5.91 Å². The molecule has 18 heavy (non-hydrogen) atoms. The molecule has 0 aliphatic carbocycles. The second-order valence-corrected chi connectivity index (χ2v) is 4.47. The van der Waals surface area contributed by atoms with Crippen LogP contribution in [0.3, 0.4) is 0 Å². The third-order valence-corrected chi connectivity index (χ3v) is 2.77. The van der Waals surface area contributed by atoms with E-state index in [4.69, 9.17) is 4.42 Å². The zero-order valence-electron chi connectivity index (χ0n) is 9.57. The first-order valence-electron chi connectivity index (χ1n) is 5.24. The minimum absolute atomic E-state index is 0.0113. The highest BCUT2D eigenvalue weighted by Gasteiger charge is 2.10. The van der Waals surface area contributed by atoms with Gasteiger partial charge in [-0.2, -0.15) is 0 Å². The molecule has 0 fully saturated rings. The van der Waals surface area contributed by atoms with Gasteiger partial charge in [0.2, 0.25) is 0 Å². The van der Waals surface area contributed by atoms with Crippen LogP contribution in [0.25, 0.3) is 0 Å². The second-order valence-electron chi connectivity index (χ2n) is 3.69. The fourth-order valence-electron chi connectivity index (χ4n) is 1.42. The van der Waals surface area contributed by atoms with Gasteiger partial charge in [-0.1, -0.05) is 0 Å². The van der Waals surface area contributed by atoms with Crippen LogP contribution in [0.5, 0.6) is 0 Å². The van der Waals surface area contributed by atoms with Gasteiger partial charge in [-0.25, -0.2) is 0 Å². The maximum Gasteiger partial charge on any atom is 0.291 e. The zero-order valence-corrected chi connectivity index (χ0v) is 11.2. The van der Waals surface area contributed by atoms with Crippen molar-refractivity contribution < 1.29 is 14.0 Å². The van der Waals surface area contributed by atoms with E-state index in [2.05, 4.69) is 21.2 Å². The van der Waals surface area contributed by atoms with Gasteiger partial charge in [0.1, 0.15) is 0 Å². The van der Waals surface area contributed by atoms with Gasteiger partial charge in [0, 0.05) is 11.3 Å². The molecule has 0 radical (unpaired) electrons. The number of hydrogen-bond donors (Lipinski definition) is 1. The van der Waals surface area contributed by atoms with Gasteiger partial charge in [-0.15, -0.1) is 0 Å². The molecule has 5 heteroatoms. The van der Waals surface area contributed by atoms with Gasteiger partial charge in [-0.3, -0.25) is 9.59 Å². The summed E-state index contributed by atoms with van der Waals surface area (Å²) < 4.78 is 5.63. The molecule has 0 bridgehead atoms. The van der Waals surface area contributed by atoms with Crippen LogP contribution < -0.4 is 5.32 Å². The number of carbonyl (C=O) groups excluding carboxylic acids is 2. The highest BCUT2D eigenvalue weighted by Crippen LogP contribution is 2.16. The van der Waals surface area contributed by atoms with Crippen LogP contribution in [0.4, 0.5) is 5.69 Å². The van der Waals surface area contributed by atoms with Crippen molar-refractivity contribution in [3.63, 3.8) is 0 Å². The summed E-state index contributed by atoms with van der Waals surface area (Å²) in [4.78, 5) is 22.8. The molecule has 0 saturated carbocycles. The van der Waals surface area contributed by atoms with Gasteiger partial charge in [-0.05, 0) is 59.3 Å². The number of carbonyl (C=O) groups is 2. The maximum atomic E-state index is 11.8. The third kappa shape index (κ3) is 2.87. The number of Topliss-reactive ketones (excluding diaryl/α,β-unsaturated/α-hetero) is 1. The van der Waals surface area contributed by atoms with E-state index in [9.17, 15) is 9.59 Å². The lowest BCUT2D eigenvalue weighted by Gasteiger charge is -2.03. The van der Waals surface area contributed by atoms with Crippen LogP contribution in [0.1, 0.15) is 27.8 Å². The molecule has 1 amide bonds. The average molecular weight is 308 g/mol. The summed E-state index contributed by atoms with van der Waals surface area (Å²) in [5.74, 6) is -0.128. The number of benzene rings is 1. The third-order valence-electron chi connectivity index (χ3n) is 2.35. The number of amides is 1. The average Bonchev–Trinajstić information content (AvgIpc) is 2.76. The largest absolute Gasteiger partial charge is 0.444 e. The predicted octanol–water partition coefficient (Wildman–Crippen LogP) is 3.50. The van der Waals surface area contributed by atoms with Crippen molar-refractivity contribution in [2.24, 2.45) is 0 Å². The first-order valence-corrected chi connectivity index (χ1v) is 6.03. The summed E-state index contributed by atoms with van der Waals surface area (Å²) in [5.41, 5.74) is 1.21. The van der Waals surface area contributed by atoms with E-state index >= 15 is 0 Å². The number of nitrogens with one attached hydrogen (secondary N) is 1. The molecule has 92 valence electrons. The number of rotatable bonds is 3. The fraction of sp³-hybridized carbons (Fsp3) is 0.0769. The number of furan rings is 1. The van der Waals surface area contributed by atoms with E-state index in [0.29, 0.717) is 15.9 Å². The van der Waals surface area contributed by atoms with Gasteiger partial charge in [0.05, 0.1) is 0 Å². The summed E-state index contributed by atoms with van der Waals surface area (Å²) in [7, 11) is 0. The van der Waals surface area contributed by atoms with Crippen LogP contribution in [-0.2, 0) is 0 Å². The van der Waals surface area contributed by atoms with E-state index in [1.165, 1.54) is 6.92 Å². The Morgan fingerprint density at radius 3 is 2.28 bits per heavy atom. The molecule has 2 aromatic rings. The minimum atomic E-state index is -0.337. The summed E-state index contributed by atoms with van der Waals surface area (Å²) in [6.07, 6.45) is 0. The lowest BCUT2D eigenvalue weighted by atomic mass is 10.1. The first-order chi connectivity index (χ1) is 8.56. The van der Waals surface area contributed by atoms with Crippen LogP contribution in [0, 0.1) is 0 Å². The zero-order chi connectivity index (χ0) is 13.1. The van der Waals surface area contributed by atoms with Crippen molar-refractivity contribution in [3.8, 4) is 0 Å². The van der Waals surface area contributed by atoms with Crippen molar-refractivity contribution in [1.82, 2.24) is 0 Å². The Kier molecular flexibility index (Phi) is 3.62. The highest BCUT2D eigenvalue weighted by atomic mass is 79.9. The molecule has 0 spiro atoms. The minimum Gasteiger partial charge on any atom is -0.444 e. The molecule has 0 saturated heterocycles. The molecule has 1 N–H and O–H groups in total. The number of halogens is 1. The number of hydrogen-bond acceptors (Lipinski definition) is 3. The summed E-state index contributed by atoms with van der Waals surface area (Å²) in [5, 5.41) is 2.67. The molecular formula is C13H10BrNO3. The second kappa shape index (κ2) is 5.18. The van der Waals surface area contributed by atoms with Crippen LogP contribution in [0.2, 0.25) is 0 Å². The van der Waals surface area contributed by atoms with Crippen molar-refractivity contribution in [2.45, 2.75) is 6.92 Å². The Labute approximate surface area is 112 Å². The molecule has 1 aromatic carbocycles. The Balaban J connectivity index is 2.10. The van der Waals surface area contributed by atoms with E-state index in [0.717, 1.165) is 0 Å². The lowest BCUT2D eigenvalue weighted by Crippen LogP contribution is -2.10. The topological polar surface area (TPSA) is 59.3 Å². The van der Waals surface area contributed by atoms with Crippen LogP contribution in [0.15, 0.2) is 45.5 Å². The van der Waals surface area contributed by atoms with Gasteiger partial charge >= 0.3 is 0 Å². The van der Waals surface area contributed by atoms with Gasteiger partial charge in [0.15, 0.2) is 16.2 Å². The normalized spacial score (nSPS) is 10.1. The van der Waals surface area contributed by atoms with E-state index in [1.54, 1.807) is 36.4 Å². The van der Waals surface area contributed by atoms with Crippen molar-refractivity contribution in [1.29, 1.82) is 0 Å². The van der Waals surface area contributed by atoms with Crippen LogP contribution in [-0.4, -0.2) is 11.7 Å². The predicted molar refractivity (Wildman–Crippen MR) is 70.8 cm³/mol. The monoisotopic (exact) mass is 307 g/mol. The molecule has 0 aliphatic heterocycles. The smallest absolute Gasteiger partial charge is 0.291 e. The first kappa shape index (κ1) is 12.6. The molecule has 0 atom stereocenters. The van der Waals surface area contributed by atoms with Crippen LogP contribution >= 0.6 is 15.9 Å². The Hall–Kier alpha value is -1.88. The van der Waals surface area contributed by atoms with Crippen molar-refractivity contribution >= 4 is 33.3 Å². The molecule has 0 unspecified atom stereocenters. The van der Waals surface area contributed by atoms with E-state index in [1.807, 2.05) is 0 Å².